The largest absolute Gasteiger partial charge is 0.450 e. The molecule has 40 heavy (non-hydrogen) atoms. The molecule has 1 N–H and O–H groups in total. The molecule has 0 radical (unpaired) electrons. The summed E-state index contributed by atoms with van der Waals surface area (Å²) >= 11 is 0.522. The SMILES string of the molecule is O=C(CN1C(=O)S/C(=C/c2ccc(Oc3ccc([N+](=O)[O-])cc3[N+](=O)[O-])cc2)C1=O)Nc1ccc(F)c(F)c1F. The maximum Gasteiger partial charge on any atom is 0.318 e. The van der Waals surface area contributed by atoms with E-state index in [1.165, 1.54) is 30.3 Å². The topological polar surface area (TPSA) is 162 Å². The summed E-state index contributed by atoms with van der Waals surface area (Å²) in [7, 11) is 0. The van der Waals surface area contributed by atoms with Crippen LogP contribution in [0.25, 0.3) is 6.08 Å². The van der Waals surface area contributed by atoms with Crippen molar-refractivity contribution in [1.29, 1.82) is 0 Å². The first-order valence-corrected chi connectivity index (χ1v) is 11.7. The molecule has 3 amide bonds. The Kier molecular flexibility index (Phi) is 7.81. The van der Waals surface area contributed by atoms with Crippen LogP contribution in [0.1, 0.15) is 5.56 Å². The van der Waals surface area contributed by atoms with E-state index in [1.807, 2.05) is 5.32 Å². The van der Waals surface area contributed by atoms with Gasteiger partial charge in [-0.3, -0.25) is 39.5 Å². The number of amides is 3. The molecule has 1 fully saturated rings. The predicted molar refractivity (Wildman–Crippen MR) is 134 cm³/mol. The highest BCUT2D eigenvalue weighted by atomic mass is 32.2. The number of nitrogens with one attached hydrogen (secondary N) is 1. The Labute approximate surface area is 225 Å². The summed E-state index contributed by atoms with van der Waals surface area (Å²) in [6.45, 7) is -0.818. The second-order valence-electron chi connectivity index (χ2n) is 7.88. The minimum absolute atomic E-state index is 0.0588. The van der Waals surface area contributed by atoms with Crippen molar-refractivity contribution in [2.24, 2.45) is 0 Å². The summed E-state index contributed by atoms with van der Waals surface area (Å²) in [5, 5.41) is 23.3. The Morgan fingerprint density at radius 3 is 2.33 bits per heavy atom. The van der Waals surface area contributed by atoms with Crippen LogP contribution < -0.4 is 10.1 Å². The van der Waals surface area contributed by atoms with Gasteiger partial charge in [0.05, 0.1) is 26.5 Å². The van der Waals surface area contributed by atoms with Gasteiger partial charge in [-0.1, -0.05) is 12.1 Å². The number of halogens is 3. The van der Waals surface area contributed by atoms with Gasteiger partial charge in [0.25, 0.3) is 16.8 Å². The fourth-order valence-corrected chi connectivity index (χ4v) is 4.19. The molecule has 1 saturated heterocycles. The van der Waals surface area contributed by atoms with E-state index < -0.39 is 68.0 Å². The second-order valence-corrected chi connectivity index (χ2v) is 8.87. The van der Waals surface area contributed by atoms with Crippen LogP contribution in [-0.4, -0.2) is 38.3 Å². The lowest BCUT2D eigenvalue weighted by Gasteiger charge is -2.13. The smallest absolute Gasteiger partial charge is 0.318 e. The maximum absolute atomic E-state index is 13.8. The number of carbonyl (C=O) groups excluding carboxylic acids is 3. The molecule has 0 saturated carbocycles. The molecule has 1 heterocycles. The fraction of sp³-hybridized carbons (Fsp3) is 0.0417. The molecule has 0 spiro atoms. The average molecular weight is 574 g/mol. The monoisotopic (exact) mass is 574 g/mol. The standard InChI is InChI=1S/C24H13F3N4O8S/c25-15-6-7-16(22(27)21(15)26)28-20(32)11-29-23(33)19(40-24(29)34)9-12-1-4-14(5-2-12)39-18-8-3-13(30(35)36)10-17(18)31(37)38/h1-10H,11H2,(H,28,32)/b19-9+. The number of rotatable bonds is 8. The van der Waals surface area contributed by atoms with E-state index in [9.17, 15) is 47.8 Å². The van der Waals surface area contributed by atoms with Gasteiger partial charge in [-0.25, -0.2) is 13.2 Å². The quantitative estimate of drug-likeness (QED) is 0.161. The summed E-state index contributed by atoms with van der Waals surface area (Å²) in [5.74, 6) is -6.88. The maximum atomic E-state index is 13.8. The molecule has 204 valence electrons. The molecule has 4 rings (SSSR count). The molecule has 0 aliphatic carbocycles. The van der Waals surface area contributed by atoms with Crippen molar-refractivity contribution in [2.75, 3.05) is 11.9 Å². The minimum atomic E-state index is -1.80. The normalized spacial score (nSPS) is 14.0. The zero-order valence-corrected chi connectivity index (χ0v) is 20.4. The van der Waals surface area contributed by atoms with Crippen molar-refractivity contribution in [2.45, 2.75) is 0 Å². The number of hydrogen-bond donors (Lipinski definition) is 1. The van der Waals surface area contributed by atoms with Crippen molar-refractivity contribution in [3.05, 3.63) is 103 Å². The Bertz CT molecular complexity index is 1610. The lowest BCUT2D eigenvalue weighted by atomic mass is 10.2. The number of ether oxygens (including phenoxy) is 1. The summed E-state index contributed by atoms with van der Waals surface area (Å²) in [6, 6.07) is 9.97. The van der Waals surface area contributed by atoms with Crippen molar-refractivity contribution >= 4 is 52.0 Å². The molecule has 1 aliphatic heterocycles. The Morgan fingerprint density at radius 2 is 1.68 bits per heavy atom. The summed E-state index contributed by atoms with van der Waals surface area (Å²) in [4.78, 5) is 58.2. The molecule has 0 unspecified atom stereocenters. The van der Waals surface area contributed by atoms with Gasteiger partial charge in [0.1, 0.15) is 12.3 Å². The molecule has 0 aromatic heterocycles. The molecular formula is C24H13F3N4O8S. The summed E-state index contributed by atoms with van der Waals surface area (Å²) in [5.41, 5.74) is -1.38. The van der Waals surface area contributed by atoms with E-state index in [0.717, 1.165) is 24.3 Å². The first-order valence-electron chi connectivity index (χ1n) is 10.8. The van der Waals surface area contributed by atoms with Gasteiger partial charge in [-0.2, -0.15) is 0 Å². The van der Waals surface area contributed by atoms with E-state index in [2.05, 4.69) is 0 Å². The van der Waals surface area contributed by atoms with E-state index >= 15 is 0 Å². The molecule has 3 aromatic rings. The Hall–Kier alpha value is -5.25. The zero-order valence-electron chi connectivity index (χ0n) is 19.6. The van der Waals surface area contributed by atoms with Gasteiger partial charge in [0.2, 0.25) is 11.7 Å². The van der Waals surface area contributed by atoms with Gasteiger partial charge >= 0.3 is 5.69 Å². The first-order chi connectivity index (χ1) is 18.9. The molecule has 3 aromatic carbocycles. The van der Waals surface area contributed by atoms with Crippen LogP contribution in [0.5, 0.6) is 11.5 Å². The molecule has 1 aliphatic rings. The van der Waals surface area contributed by atoms with Gasteiger partial charge in [-0.05, 0) is 53.7 Å². The average Bonchev–Trinajstić information content (AvgIpc) is 3.17. The van der Waals surface area contributed by atoms with Gasteiger partial charge < -0.3 is 10.1 Å². The van der Waals surface area contributed by atoms with Crippen molar-refractivity contribution in [3.8, 4) is 11.5 Å². The second kappa shape index (κ2) is 11.2. The third kappa shape index (κ3) is 5.91. The highest BCUT2D eigenvalue weighted by Crippen LogP contribution is 2.35. The van der Waals surface area contributed by atoms with Crippen LogP contribution >= 0.6 is 11.8 Å². The fourth-order valence-electron chi connectivity index (χ4n) is 3.35. The van der Waals surface area contributed by atoms with Crippen molar-refractivity contribution < 1.29 is 42.1 Å². The van der Waals surface area contributed by atoms with Crippen molar-refractivity contribution in [3.63, 3.8) is 0 Å². The number of anilines is 1. The zero-order chi connectivity index (χ0) is 29.1. The van der Waals surface area contributed by atoms with Crippen LogP contribution in [0.4, 0.5) is 35.0 Å². The third-order valence-electron chi connectivity index (χ3n) is 5.24. The third-order valence-corrected chi connectivity index (χ3v) is 6.15. The highest BCUT2D eigenvalue weighted by Gasteiger charge is 2.36. The number of non-ortho nitro benzene ring substituents is 1. The van der Waals surface area contributed by atoms with Crippen LogP contribution in [0.2, 0.25) is 0 Å². The first kappa shape index (κ1) is 27.8. The molecule has 12 nitrogen and oxygen atoms in total. The molecule has 0 bridgehead atoms. The van der Waals surface area contributed by atoms with E-state index in [1.54, 1.807) is 0 Å². The number of benzene rings is 3. The lowest BCUT2D eigenvalue weighted by molar-refractivity contribution is -0.394. The van der Waals surface area contributed by atoms with Gasteiger partial charge in [0.15, 0.2) is 17.5 Å². The summed E-state index contributed by atoms with van der Waals surface area (Å²) < 4.78 is 45.7. The Balaban J connectivity index is 1.44. The molecule has 0 atom stereocenters. The van der Waals surface area contributed by atoms with E-state index in [0.29, 0.717) is 28.3 Å². The van der Waals surface area contributed by atoms with Crippen LogP contribution in [0.3, 0.4) is 0 Å². The number of nitro benzene ring substituents is 2. The predicted octanol–water partition coefficient (Wildman–Crippen LogP) is 5.39. The van der Waals surface area contributed by atoms with E-state index in [-0.39, 0.29) is 16.4 Å². The molecule has 16 heteroatoms. The number of nitrogens with zero attached hydrogens (tertiary/aromatic N) is 3. The number of imide groups is 1. The lowest BCUT2D eigenvalue weighted by Crippen LogP contribution is -2.36. The van der Waals surface area contributed by atoms with E-state index in [4.69, 9.17) is 4.74 Å². The molecular weight excluding hydrogens is 561 g/mol. The van der Waals surface area contributed by atoms with Crippen LogP contribution in [0.15, 0.2) is 59.5 Å². The minimum Gasteiger partial charge on any atom is -0.450 e. The number of hydrogen-bond acceptors (Lipinski definition) is 9. The number of nitro groups is 2. The highest BCUT2D eigenvalue weighted by molar-refractivity contribution is 8.18. The number of carbonyl (C=O) groups is 3. The van der Waals surface area contributed by atoms with Crippen molar-refractivity contribution in [1.82, 2.24) is 4.90 Å². The van der Waals surface area contributed by atoms with Crippen LogP contribution in [-0.2, 0) is 9.59 Å². The van der Waals surface area contributed by atoms with Gasteiger partial charge in [-0.15, -0.1) is 0 Å². The number of thioether (sulfide) groups is 1. The summed E-state index contributed by atoms with van der Waals surface area (Å²) in [6.07, 6.45) is 1.33. The Morgan fingerprint density at radius 1 is 0.975 bits per heavy atom. The van der Waals surface area contributed by atoms with Crippen LogP contribution in [0, 0.1) is 37.7 Å². The van der Waals surface area contributed by atoms with Gasteiger partial charge in [0, 0.05) is 6.07 Å².